The Bertz CT molecular complexity index is 317. The normalized spacial score (nSPS) is 10.4. The van der Waals surface area contributed by atoms with Gasteiger partial charge in [0.25, 0.3) is 0 Å². The van der Waals surface area contributed by atoms with E-state index in [1.165, 1.54) is 44.1 Å². The summed E-state index contributed by atoms with van der Waals surface area (Å²) in [6.07, 6.45) is 7.54. The molecule has 0 unspecified atom stereocenters. The lowest BCUT2D eigenvalue weighted by atomic mass is 10.1. The Morgan fingerprint density at radius 2 is 2.00 bits per heavy atom. The Morgan fingerprint density at radius 3 is 2.69 bits per heavy atom. The van der Waals surface area contributed by atoms with Crippen molar-refractivity contribution >= 4 is 17.3 Å². The van der Waals surface area contributed by atoms with E-state index in [-0.39, 0.29) is 5.97 Å². The fourth-order valence-electron chi connectivity index (χ4n) is 1.63. The molecular formula is C13H20O2S. The number of carbonyl (C=O) groups excluding carboxylic acids is 1. The van der Waals surface area contributed by atoms with Crippen LogP contribution in [-0.2, 0) is 11.2 Å². The van der Waals surface area contributed by atoms with Gasteiger partial charge in [0, 0.05) is 4.88 Å². The third-order valence-corrected chi connectivity index (χ3v) is 3.70. The SMILES string of the molecule is CCCCCCCc1ccc(C(=O)OC)s1. The van der Waals surface area contributed by atoms with Crippen molar-refractivity contribution in [2.75, 3.05) is 7.11 Å². The highest BCUT2D eigenvalue weighted by molar-refractivity contribution is 7.13. The van der Waals surface area contributed by atoms with Gasteiger partial charge in [-0.1, -0.05) is 32.6 Å². The molecule has 0 atom stereocenters. The van der Waals surface area contributed by atoms with E-state index in [4.69, 9.17) is 0 Å². The zero-order valence-corrected chi connectivity index (χ0v) is 10.9. The predicted molar refractivity (Wildman–Crippen MR) is 68.1 cm³/mol. The van der Waals surface area contributed by atoms with Gasteiger partial charge in [-0.15, -0.1) is 11.3 Å². The molecule has 0 aliphatic rings. The van der Waals surface area contributed by atoms with Crippen LogP contribution in [0, 0.1) is 0 Å². The van der Waals surface area contributed by atoms with E-state index < -0.39 is 0 Å². The van der Waals surface area contributed by atoms with Gasteiger partial charge in [-0.25, -0.2) is 4.79 Å². The monoisotopic (exact) mass is 240 g/mol. The second-order valence-corrected chi connectivity index (χ2v) is 5.09. The van der Waals surface area contributed by atoms with Crippen LogP contribution in [0.3, 0.4) is 0 Å². The fraction of sp³-hybridized carbons (Fsp3) is 0.615. The quantitative estimate of drug-likeness (QED) is 0.531. The van der Waals surface area contributed by atoms with Crippen LogP contribution in [-0.4, -0.2) is 13.1 Å². The van der Waals surface area contributed by atoms with Gasteiger partial charge in [-0.05, 0) is 25.0 Å². The molecule has 1 aromatic rings. The van der Waals surface area contributed by atoms with Crippen LogP contribution in [0.5, 0.6) is 0 Å². The smallest absolute Gasteiger partial charge is 0.348 e. The summed E-state index contributed by atoms with van der Waals surface area (Å²) in [5, 5.41) is 0. The molecular weight excluding hydrogens is 220 g/mol. The highest BCUT2D eigenvalue weighted by Crippen LogP contribution is 2.19. The number of unbranched alkanes of at least 4 members (excludes halogenated alkanes) is 4. The van der Waals surface area contributed by atoms with E-state index in [9.17, 15) is 4.79 Å². The van der Waals surface area contributed by atoms with Crippen LogP contribution in [0.2, 0.25) is 0 Å². The number of esters is 1. The van der Waals surface area contributed by atoms with Crippen molar-refractivity contribution in [1.82, 2.24) is 0 Å². The van der Waals surface area contributed by atoms with Gasteiger partial charge < -0.3 is 4.74 Å². The zero-order valence-electron chi connectivity index (χ0n) is 10.1. The first-order valence-corrected chi connectivity index (χ1v) is 6.76. The first-order valence-electron chi connectivity index (χ1n) is 5.95. The summed E-state index contributed by atoms with van der Waals surface area (Å²) in [5.41, 5.74) is 0. The molecule has 0 N–H and O–H groups in total. The van der Waals surface area contributed by atoms with Crippen LogP contribution in [0.4, 0.5) is 0 Å². The topological polar surface area (TPSA) is 26.3 Å². The molecule has 16 heavy (non-hydrogen) atoms. The van der Waals surface area contributed by atoms with Crippen molar-refractivity contribution in [3.8, 4) is 0 Å². The van der Waals surface area contributed by atoms with Crippen molar-refractivity contribution in [3.63, 3.8) is 0 Å². The van der Waals surface area contributed by atoms with Crippen LogP contribution in [0.15, 0.2) is 12.1 Å². The summed E-state index contributed by atoms with van der Waals surface area (Å²) in [7, 11) is 1.42. The molecule has 0 saturated carbocycles. The highest BCUT2D eigenvalue weighted by Gasteiger charge is 2.08. The second-order valence-electron chi connectivity index (χ2n) is 3.92. The lowest BCUT2D eigenvalue weighted by Gasteiger charge is -1.98. The Labute approximate surface area is 102 Å². The molecule has 0 amide bonds. The molecule has 0 aliphatic carbocycles. The molecule has 0 saturated heterocycles. The number of hydrogen-bond acceptors (Lipinski definition) is 3. The summed E-state index contributed by atoms with van der Waals surface area (Å²) >= 11 is 1.55. The summed E-state index contributed by atoms with van der Waals surface area (Å²) in [6.45, 7) is 2.22. The van der Waals surface area contributed by atoms with Gasteiger partial charge in [0.15, 0.2) is 0 Å². The van der Waals surface area contributed by atoms with Crippen LogP contribution < -0.4 is 0 Å². The minimum absolute atomic E-state index is 0.220. The maximum atomic E-state index is 11.2. The average molecular weight is 240 g/mol. The Hall–Kier alpha value is -0.830. The van der Waals surface area contributed by atoms with Gasteiger partial charge in [-0.2, -0.15) is 0 Å². The van der Waals surface area contributed by atoms with Crippen LogP contribution >= 0.6 is 11.3 Å². The van der Waals surface area contributed by atoms with E-state index in [0.29, 0.717) is 4.88 Å². The molecule has 3 heteroatoms. The number of hydrogen-bond donors (Lipinski definition) is 0. The third kappa shape index (κ3) is 4.35. The summed E-state index contributed by atoms with van der Waals surface area (Å²) in [5.74, 6) is -0.220. The first kappa shape index (κ1) is 13.2. The first-order chi connectivity index (χ1) is 7.77. The van der Waals surface area contributed by atoms with Crippen molar-refractivity contribution in [3.05, 3.63) is 21.9 Å². The van der Waals surface area contributed by atoms with Gasteiger partial charge in [0.05, 0.1) is 7.11 Å². The van der Waals surface area contributed by atoms with Gasteiger partial charge >= 0.3 is 5.97 Å². The molecule has 90 valence electrons. The Morgan fingerprint density at radius 1 is 1.25 bits per heavy atom. The standard InChI is InChI=1S/C13H20O2S/c1-3-4-5-6-7-8-11-9-10-12(16-11)13(14)15-2/h9-10H,3-8H2,1-2H3. The minimum Gasteiger partial charge on any atom is -0.465 e. The van der Waals surface area contributed by atoms with Crippen LogP contribution in [0.1, 0.15) is 53.6 Å². The lowest BCUT2D eigenvalue weighted by Crippen LogP contribution is -1.96. The molecule has 0 fully saturated rings. The van der Waals surface area contributed by atoms with E-state index in [1.807, 2.05) is 12.1 Å². The van der Waals surface area contributed by atoms with Crippen molar-refractivity contribution < 1.29 is 9.53 Å². The summed E-state index contributed by atoms with van der Waals surface area (Å²) < 4.78 is 4.68. The lowest BCUT2D eigenvalue weighted by molar-refractivity contribution is 0.0606. The van der Waals surface area contributed by atoms with Crippen molar-refractivity contribution in [2.24, 2.45) is 0 Å². The number of rotatable bonds is 7. The maximum Gasteiger partial charge on any atom is 0.348 e. The fourth-order valence-corrected chi connectivity index (χ4v) is 2.59. The van der Waals surface area contributed by atoms with E-state index in [0.717, 1.165) is 6.42 Å². The van der Waals surface area contributed by atoms with Gasteiger partial charge in [0.1, 0.15) is 4.88 Å². The molecule has 1 aromatic heterocycles. The number of methoxy groups -OCH3 is 1. The third-order valence-electron chi connectivity index (χ3n) is 2.57. The van der Waals surface area contributed by atoms with Crippen molar-refractivity contribution in [2.45, 2.75) is 45.4 Å². The largest absolute Gasteiger partial charge is 0.465 e. The Kier molecular flexibility index (Phi) is 6.16. The van der Waals surface area contributed by atoms with Gasteiger partial charge in [-0.3, -0.25) is 0 Å². The molecule has 1 rings (SSSR count). The molecule has 0 aliphatic heterocycles. The number of ether oxygens (including phenoxy) is 1. The molecule has 0 aromatic carbocycles. The number of thiophene rings is 1. The predicted octanol–water partition coefficient (Wildman–Crippen LogP) is 4.05. The van der Waals surface area contributed by atoms with Crippen molar-refractivity contribution in [1.29, 1.82) is 0 Å². The summed E-state index contributed by atoms with van der Waals surface area (Å²) in [6, 6.07) is 3.90. The highest BCUT2D eigenvalue weighted by atomic mass is 32.1. The number of carbonyl (C=O) groups is 1. The average Bonchev–Trinajstić information content (AvgIpc) is 2.76. The molecule has 1 heterocycles. The molecule has 0 radical (unpaired) electrons. The molecule has 0 spiro atoms. The molecule has 0 bridgehead atoms. The Balaban J connectivity index is 2.27. The maximum absolute atomic E-state index is 11.2. The summed E-state index contributed by atoms with van der Waals surface area (Å²) in [4.78, 5) is 13.2. The van der Waals surface area contributed by atoms with Gasteiger partial charge in [0.2, 0.25) is 0 Å². The van der Waals surface area contributed by atoms with E-state index in [2.05, 4.69) is 11.7 Å². The van der Waals surface area contributed by atoms with Crippen LogP contribution in [0.25, 0.3) is 0 Å². The zero-order chi connectivity index (χ0) is 11.8. The minimum atomic E-state index is -0.220. The van der Waals surface area contributed by atoms with E-state index >= 15 is 0 Å². The second kappa shape index (κ2) is 7.44. The number of aryl methyl sites for hydroxylation is 1. The van der Waals surface area contributed by atoms with E-state index in [1.54, 1.807) is 11.3 Å². The molecule has 2 nitrogen and oxygen atoms in total.